The normalized spacial score (nSPS) is 11.5. The van der Waals surface area contributed by atoms with Crippen molar-refractivity contribution in [1.29, 1.82) is 0 Å². The van der Waals surface area contributed by atoms with Gasteiger partial charge in [0.1, 0.15) is 5.82 Å². The van der Waals surface area contributed by atoms with Crippen LogP contribution < -0.4 is 0 Å². The lowest BCUT2D eigenvalue weighted by molar-refractivity contribution is 0.807. The summed E-state index contributed by atoms with van der Waals surface area (Å²) in [7, 11) is 0. The number of nitrogens with zero attached hydrogens (tertiary/aromatic N) is 2. The molecule has 2 nitrogen and oxygen atoms in total. The quantitative estimate of drug-likeness (QED) is 0.234. The van der Waals surface area contributed by atoms with E-state index in [4.69, 9.17) is 4.98 Å². The molecule has 0 saturated carbocycles. The molecule has 0 spiro atoms. The standard InChI is InChI=1S/C35H36N2/c1-23(2)31-20-29(27-13-9-7-10-14-27)21-32(24(3)4)34(31)37-22-33(30-18-25(5)17-26(6)19-30)36-35(37)28-15-11-8-12-16-28/h7-24H,1-6H3. The predicted molar refractivity (Wildman–Crippen MR) is 158 cm³/mol. The van der Waals surface area contributed by atoms with Gasteiger partial charge in [0, 0.05) is 17.3 Å². The molecule has 0 aliphatic carbocycles. The average Bonchev–Trinajstić information content (AvgIpc) is 3.33. The highest BCUT2D eigenvalue weighted by atomic mass is 15.1. The second-order valence-corrected chi connectivity index (χ2v) is 10.7. The van der Waals surface area contributed by atoms with Gasteiger partial charge in [-0.2, -0.15) is 0 Å². The molecule has 37 heavy (non-hydrogen) atoms. The van der Waals surface area contributed by atoms with Crippen LogP contribution in [0.4, 0.5) is 0 Å². The summed E-state index contributed by atoms with van der Waals surface area (Å²) in [6, 6.07) is 32.7. The summed E-state index contributed by atoms with van der Waals surface area (Å²) in [6.45, 7) is 13.5. The Morgan fingerprint density at radius 2 is 1.08 bits per heavy atom. The maximum absolute atomic E-state index is 5.25. The van der Waals surface area contributed by atoms with Gasteiger partial charge in [-0.15, -0.1) is 0 Å². The molecule has 5 rings (SSSR count). The minimum absolute atomic E-state index is 0.354. The molecule has 0 saturated heterocycles. The predicted octanol–water partition coefficient (Wildman–Crippen LogP) is 9.74. The molecule has 186 valence electrons. The summed E-state index contributed by atoms with van der Waals surface area (Å²) in [5, 5.41) is 0. The van der Waals surface area contributed by atoms with Crippen LogP contribution in [-0.4, -0.2) is 9.55 Å². The van der Waals surface area contributed by atoms with Crippen LogP contribution in [0.1, 0.15) is 61.8 Å². The lowest BCUT2D eigenvalue weighted by Crippen LogP contribution is -2.08. The van der Waals surface area contributed by atoms with Gasteiger partial charge in [0.15, 0.2) is 0 Å². The van der Waals surface area contributed by atoms with Crippen molar-refractivity contribution < 1.29 is 0 Å². The van der Waals surface area contributed by atoms with Crippen LogP contribution in [0.25, 0.3) is 39.5 Å². The molecule has 0 unspecified atom stereocenters. The van der Waals surface area contributed by atoms with Crippen LogP contribution in [-0.2, 0) is 0 Å². The third-order valence-corrected chi connectivity index (χ3v) is 7.02. The number of benzene rings is 4. The Labute approximate surface area is 221 Å². The van der Waals surface area contributed by atoms with Gasteiger partial charge in [0.05, 0.1) is 11.4 Å². The molecule has 0 aliphatic heterocycles. The second-order valence-electron chi connectivity index (χ2n) is 10.7. The molecule has 5 aromatic rings. The van der Waals surface area contributed by atoms with Crippen LogP contribution in [0.5, 0.6) is 0 Å². The highest BCUT2D eigenvalue weighted by Crippen LogP contribution is 2.39. The van der Waals surface area contributed by atoms with Crippen molar-refractivity contribution in [2.24, 2.45) is 0 Å². The lowest BCUT2D eigenvalue weighted by atomic mass is 9.88. The van der Waals surface area contributed by atoms with Gasteiger partial charge in [0.25, 0.3) is 0 Å². The van der Waals surface area contributed by atoms with E-state index in [0.717, 1.165) is 22.6 Å². The fourth-order valence-corrected chi connectivity index (χ4v) is 5.24. The molecular formula is C35H36N2. The van der Waals surface area contributed by atoms with Crippen LogP contribution in [0.2, 0.25) is 0 Å². The van der Waals surface area contributed by atoms with E-state index in [-0.39, 0.29) is 0 Å². The summed E-state index contributed by atoms with van der Waals surface area (Å²) in [5.41, 5.74) is 12.2. The summed E-state index contributed by atoms with van der Waals surface area (Å²) >= 11 is 0. The smallest absolute Gasteiger partial charge is 0.145 e. The Balaban J connectivity index is 1.82. The molecule has 0 bridgehead atoms. The van der Waals surface area contributed by atoms with Gasteiger partial charge < -0.3 is 0 Å². The first-order chi connectivity index (χ1) is 17.8. The van der Waals surface area contributed by atoms with Crippen molar-refractivity contribution in [3.8, 4) is 39.5 Å². The molecule has 0 N–H and O–H groups in total. The zero-order valence-electron chi connectivity index (χ0n) is 22.8. The molecule has 0 radical (unpaired) electrons. The Hall–Kier alpha value is -3.91. The molecular weight excluding hydrogens is 448 g/mol. The molecule has 4 aromatic carbocycles. The molecule has 2 heteroatoms. The Bertz CT molecular complexity index is 1470. The fraction of sp³-hybridized carbons (Fsp3) is 0.229. The van der Waals surface area contributed by atoms with E-state index in [1.165, 1.54) is 39.1 Å². The average molecular weight is 485 g/mol. The van der Waals surface area contributed by atoms with Gasteiger partial charge in [-0.3, -0.25) is 4.57 Å². The van der Waals surface area contributed by atoms with Gasteiger partial charge >= 0.3 is 0 Å². The summed E-state index contributed by atoms with van der Waals surface area (Å²) in [4.78, 5) is 5.25. The molecule has 0 amide bonds. The van der Waals surface area contributed by atoms with Gasteiger partial charge in [-0.1, -0.05) is 106 Å². The van der Waals surface area contributed by atoms with Gasteiger partial charge in [0.2, 0.25) is 0 Å². The number of imidazole rings is 1. The third kappa shape index (κ3) is 5.02. The van der Waals surface area contributed by atoms with E-state index in [2.05, 4.69) is 143 Å². The molecule has 1 aromatic heterocycles. The first kappa shape index (κ1) is 24.8. The largest absolute Gasteiger partial charge is 0.299 e. The highest BCUT2D eigenvalue weighted by Gasteiger charge is 2.22. The Kier molecular flexibility index (Phi) is 6.84. The van der Waals surface area contributed by atoms with Gasteiger partial charge in [-0.05, 0) is 72.2 Å². The fourth-order valence-electron chi connectivity index (χ4n) is 5.24. The lowest BCUT2D eigenvalue weighted by Gasteiger charge is -2.23. The monoisotopic (exact) mass is 484 g/mol. The summed E-state index contributed by atoms with van der Waals surface area (Å²) in [5.74, 6) is 1.68. The van der Waals surface area contributed by atoms with Crippen molar-refractivity contribution in [2.75, 3.05) is 0 Å². The number of hydrogen-bond donors (Lipinski definition) is 0. The topological polar surface area (TPSA) is 17.8 Å². The zero-order chi connectivity index (χ0) is 26.1. The third-order valence-electron chi connectivity index (χ3n) is 7.02. The van der Waals surface area contributed by atoms with Crippen molar-refractivity contribution in [2.45, 2.75) is 53.4 Å². The van der Waals surface area contributed by atoms with E-state index in [9.17, 15) is 0 Å². The van der Waals surface area contributed by atoms with Crippen molar-refractivity contribution in [3.63, 3.8) is 0 Å². The van der Waals surface area contributed by atoms with Crippen LogP contribution in [0.15, 0.2) is 97.2 Å². The number of rotatable bonds is 6. The second kappa shape index (κ2) is 10.2. The molecule has 1 heterocycles. The summed E-state index contributed by atoms with van der Waals surface area (Å²) < 4.78 is 2.35. The Morgan fingerprint density at radius 3 is 1.59 bits per heavy atom. The highest BCUT2D eigenvalue weighted by molar-refractivity contribution is 5.73. The summed E-state index contributed by atoms with van der Waals surface area (Å²) in [6.07, 6.45) is 2.24. The zero-order valence-corrected chi connectivity index (χ0v) is 22.8. The number of hydrogen-bond acceptors (Lipinski definition) is 1. The molecule has 0 aliphatic rings. The van der Waals surface area contributed by atoms with Crippen LogP contribution in [0, 0.1) is 13.8 Å². The van der Waals surface area contributed by atoms with Gasteiger partial charge in [-0.25, -0.2) is 4.98 Å². The number of aryl methyl sites for hydroxylation is 2. The molecule has 0 atom stereocenters. The van der Waals surface area contributed by atoms with E-state index in [1.54, 1.807) is 0 Å². The number of aromatic nitrogens is 2. The first-order valence-electron chi connectivity index (χ1n) is 13.3. The van der Waals surface area contributed by atoms with Crippen molar-refractivity contribution in [3.05, 3.63) is 119 Å². The van der Waals surface area contributed by atoms with E-state index < -0.39 is 0 Å². The van der Waals surface area contributed by atoms with Crippen molar-refractivity contribution in [1.82, 2.24) is 9.55 Å². The maximum atomic E-state index is 5.25. The first-order valence-corrected chi connectivity index (χ1v) is 13.3. The van der Waals surface area contributed by atoms with Crippen LogP contribution in [0.3, 0.4) is 0 Å². The minimum atomic E-state index is 0.354. The van der Waals surface area contributed by atoms with Crippen molar-refractivity contribution >= 4 is 0 Å². The Morgan fingerprint density at radius 1 is 0.568 bits per heavy atom. The van der Waals surface area contributed by atoms with E-state index in [0.29, 0.717) is 11.8 Å². The van der Waals surface area contributed by atoms with E-state index in [1.807, 2.05) is 0 Å². The SMILES string of the molecule is Cc1cc(C)cc(-c2cn(-c3c(C(C)C)cc(-c4ccccc4)cc3C(C)C)c(-c3ccccc3)n2)c1. The minimum Gasteiger partial charge on any atom is -0.299 e. The molecule has 0 fully saturated rings. The maximum Gasteiger partial charge on any atom is 0.145 e. The van der Waals surface area contributed by atoms with Crippen LogP contribution >= 0.6 is 0 Å². The van der Waals surface area contributed by atoms with E-state index >= 15 is 0 Å².